The molecule has 1 aliphatic rings. The Balaban J connectivity index is 1.69. The second-order valence-corrected chi connectivity index (χ2v) is 6.54. The SMILES string of the molecule is CNc1cc(-n2ccc3ccccc32)nn2c(C(=O)NC3CC3)cnc12. The van der Waals surface area contributed by atoms with Crippen molar-refractivity contribution in [3.05, 3.63) is 54.5 Å². The summed E-state index contributed by atoms with van der Waals surface area (Å²) in [5.41, 5.74) is 2.96. The number of rotatable bonds is 4. The highest BCUT2D eigenvalue weighted by molar-refractivity contribution is 5.94. The molecule has 5 rings (SSSR count). The number of imidazole rings is 1. The van der Waals surface area contributed by atoms with Gasteiger partial charge < -0.3 is 10.6 Å². The summed E-state index contributed by atoms with van der Waals surface area (Å²) < 4.78 is 3.63. The number of aromatic nitrogens is 4. The molecule has 3 aromatic heterocycles. The monoisotopic (exact) mass is 346 g/mol. The summed E-state index contributed by atoms with van der Waals surface area (Å²) in [6.07, 6.45) is 5.65. The van der Waals surface area contributed by atoms with Crippen LogP contribution in [0.3, 0.4) is 0 Å². The lowest BCUT2D eigenvalue weighted by Crippen LogP contribution is -2.27. The number of nitrogens with one attached hydrogen (secondary N) is 2. The summed E-state index contributed by atoms with van der Waals surface area (Å²) in [5, 5.41) is 12.0. The first kappa shape index (κ1) is 14.9. The van der Waals surface area contributed by atoms with Crippen molar-refractivity contribution in [2.75, 3.05) is 12.4 Å². The molecule has 7 nitrogen and oxygen atoms in total. The van der Waals surface area contributed by atoms with Gasteiger partial charge in [-0.3, -0.25) is 9.36 Å². The summed E-state index contributed by atoms with van der Waals surface area (Å²) >= 11 is 0. The standard InChI is InChI=1S/C19H18N6O/c1-20-14-10-17(24-9-8-12-4-2-3-5-15(12)24)23-25-16(11-21-18(14)25)19(26)22-13-6-7-13/h2-5,8-11,13,20H,6-7H2,1H3,(H,22,26). The lowest BCUT2D eigenvalue weighted by molar-refractivity contribution is 0.0944. The Morgan fingerprint density at radius 1 is 1.23 bits per heavy atom. The Hall–Kier alpha value is -3.35. The largest absolute Gasteiger partial charge is 0.385 e. The van der Waals surface area contributed by atoms with Gasteiger partial charge in [-0.2, -0.15) is 0 Å². The number of carbonyl (C=O) groups excluding carboxylic acids is 1. The molecule has 26 heavy (non-hydrogen) atoms. The lowest BCUT2D eigenvalue weighted by atomic mass is 10.2. The van der Waals surface area contributed by atoms with Crippen molar-refractivity contribution >= 4 is 28.1 Å². The van der Waals surface area contributed by atoms with Gasteiger partial charge in [0.2, 0.25) is 0 Å². The van der Waals surface area contributed by atoms with Crippen molar-refractivity contribution in [3.63, 3.8) is 0 Å². The van der Waals surface area contributed by atoms with E-state index in [9.17, 15) is 4.79 Å². The van der Waals surface area contributed by atoms with Crippen molar-refractivity contribution in [2.45, 2.75) is 18.9 Å². The van der Waals surface area contributed by atoms with E-state index in [2.05, 4.69) is 33.8 Å². The van der Waals surface area contributed by atoms with Crippen LogP contribution in [-0.2, 0) is 0 Å². The minimum absolute atomic E-state index is 0.135. The van der Waals surface area contributed by atoms with Gasteiger partial charge in [0.05, 0.1) is 17.4 Å². The Morgan fingerprint density at radius 3 is 2.88 bits per heavy atom. The zero-order chi connectivity index (χ0) is 17.7. The Kier molecular flexibility index (Phi) is 3.21. The van der Waals surface area contributed by atoms with E-state index in [0.717, 1.165) is 35.2 Å². The van der Waals surface area contributed by atoms with Gasteiger partial charge in [-0.05, 0) is 30.4 Å². The number of carbonyl (C=O) groups is 1. The minimum Gasteiger partial charge on any atom is -0.385 e. The molecule has 1 aliphatic carbocycles. The van der Waals surface area contributed by atoms with Crippen LogP contribution in [0.1, 0.15) is 23.3 Å². The summed E-state index contributed by atoms with van der Waals surface area (Å²) in [6.45, 7) is 0. The van der Waals surface area contributed by atoms with E-state index >= 15 is 0 Å². The number of hydrogen-bond donors (Lipinski definition) is 2. The number of hydrogen-bond acceptors (Lipinski definition) is 4. The van der Waals surface area contributed by atoms with Crippen molar-refractivity contribution < 1.29 is 4.79 Å². The van der Waals surface area contributed by atoms with Gasteiger partial charge in [0, 0.05) is 25.4 Å². The van der Waals surface area contributed by atoms with E-state index in [1.807, 2.05) is 36.0 Å². The molecule has 0 radical (unpaired) electrons. The Morgan fingerprint density at radius 2 is 2.08 bits per heavy atom. The molecular weight excluding hydrogens is 328 g/mol. The molecular formula is C19H18N6O. The third kappa shape index (κ3) is 2.32. The Bertz CT molecular complexity index is 1140. The highest BCUT2D eigenvalue weighted by Crippen LogP contribution is 2.24. The average molecular weight is 346 g/mol. The molecule has 2 N–H and O–H groups in total. The van der Waals surface area contributed by atoms with Crippen LogP contribution in [0.4, 0.5) is 5.69 Å². The van der Waals surface area contributed by atoms with Crippen LogP contribution in [-0.4, -0.2) is 38.2 Å². The Labute approximate surface area is 149 Å². The van der Waals surface area contributed by atoms with Crippen molar-refractivity contribution in [1.29, 1.82) is 0 Å². The van der Waals surface area contributed by atoms with Crippen LogP contribution in [0, 0.1) is 0 Å². The molecule has 130 valence electrons. The molecule has 0 aliphatic heterocycles. The van der Waals surface area contributed by atoms with E-state index in [0.29, 0.717) is 11.3 Å². The van der Waals surface area contributed by atoms with Crippen LogP contribution in [0.5, 0.6) is 0 Å². The van der Waals surface area contributed by atoms with Crippen LogP contribution in [0.15, 0.2) is 48.8 Å². The highest BCUT2D eigenvalue weighted by Gasteiger charge is 2.26. The first-order chi connectivity index (χ1) is 12.7. The zero-order valence-electron chi connectivity index (χ0n) is 14.3. The molecule has 0 spiro atoms. The molecule has 1 fully saturated rings. The number of anilines is 1. The highest BCUT2D eigenvalue weighted by atomic mass is 16.2. The van der Waals surface area contributed by atoms with E-state index in [1.165, 1.54) is 0 Å². The molecule has 0 bridgehead atoms. The smallest absolute Gasteiger partial charge is 0.271 e. The van der Waals surface area contributed by atoms with Crippen molar-refractivity contribution in [2.24, 2.45) is 0 Å². The molecule has 1 saturated carbocycles. The third-order valence-electron chi connectivity index (χ3n) is 4.72. The second-order valence-electron chi connectivity index (χ2n) is 6.54. The summed E-state index contributed by atoms with van der Waals surface area (Å²) in [7, 11) is 1.84. The predicted octanol–water partition coefficient (Wildman–Crippen LogP) is 2.61. The van der Waals surface area contributed by atoms with E-state index in [4.69, 9.17) is 5.10 Å². The summed E-state index contributed by atoms with van der Waals surface area (Å²) in [6, 6.07) is 12.4. The van der Waals surface area contributed by atoms with E-state index in [-0.39, 0.29) is 11.9 Å². The lowest BCUT2D eigenvalue weighted by Gasteiger charge is -2.10. The van der Waals surface area contributed by atoms with Gasteiger partial charge in [0.15, 0.2) is 17.2 Å². The number of amides is 1. The zero-order valence-corrected chi connectivity index (χ0v) is 14.3. The fourth-order valence-electron chi connectivity index (χ4n) is 3.18. The first-order valence-corrected chi connectivity index (χ1v) is 8.68. The molecule has 7 heteroatoms. The number of benzene rings is 1. The summed E-state index contributed by atoms with van der Waals surface area (Å²) in [4.78, 5) is 16.9. The van der Waals surface area contributed by atoms with Crippen LogP contribution in [0.25, 0.3) is 22.4 Å². The normalized spacial score (nSPS) is 14.0. The fourth-order valence-corrected chi connectivity index (χ4v) is 3.18. The van der Waals surface area contributed by atoms with Crippen molar-refractivity contribution in [1.82, 2.24) is 24.5 Å². The third-order valence-corrected chi connectivity index (χ3v) is 4.72. The van der Waals surface area contributed by atoms with E-state index in [1.54, 1.807) is 10.7 Å². The van der Waals surface area contributed by atoms with Crippen LogP contribution in [0.2, 0.25) is 0 Å². The molecule has 3 heterocycles. The predicted molar refractivity (Wildman–Crippen MR) is 99.9 cm³/mol. The number of fused-ring (bicyclic) bond motifs is 2. The van der Waals surface area contributed by atoms with Gasteiger partial charge in [0.25, 0.3) is 5.91 Å². The van der Waals surface area contributed by atoms with Gasteiger partial charge in [-0.15, -0.1) is 5.10 Å². The molecule has 1 aromatic carbocycles. The van der Waals surface area contributed by atoms with Crippen molar-refractivity contribution in [3.8, 4) is 5.82 Å². The van der Waals surface area contributed by atoms with Gasteiger partial charge >= 0.3 is 0 Å². The van der Waals surface area contributed by atoms with Crippen LogP contribution < -0.4 is 10.6 Å². The number of para-hydroxylation sites is 1. The molecule has 0 saturated heterocycles. The molecule has 0 unspecified atom stereocenters. The fraction of sp³-hybridized carbons (Fsp3) is 0.211. The quantitative estimate of drug-likeness (QED) is 0.595. The van der Waals surface area contributed by atoms with Gasteiger partial charge in [0.1, 0.15) is 0 Å². The topological polar surface area (TPSA) is 76.2 Å². The second kappa shape index (κ2) is 5.59. The summed E-state index contributed by atoms with van der Waals surface area (Å²) in [5.74, 6) is 0.589. The molecule has 0 atom stereocenters. The number of nitrogens with zero attached hydrogens (tertiary/aromatic N) is 4. The van der Waals surface area contributed by atoms with Gasteiger partial charge in [-0.1, -0.05) is 18.2 Å². The maximum atomic E-state index is 12.5. The van der Waals surface area contributed by atoms with E-state index < -0.39 is 0 Å². The first-order valence-electron chi connectivity index (χ1n) is 8.68. The minimum atomic E-state index is -0.135. The van der Waals surface area contributed by atoms with Crippen LogP contribution >= 0.6 is 0 Å². The molecule has 1 amide bonds. The maximum Gasteiger partial charge on any atom is 0.271 e. The average Bonchev–Trinajstić information content (AvgIpc) is 3.21. The van der Waals surface area contributed by atoms with Gasteiger partial charge in [-0.25, -0.2) is 9.50 Å². The molecule has 4 aromatic rings. The maximum absolute atomic E-state index is 12.5.